The third-order valence-corrected chi connectivity index (χ3v) is 5.52. The summed E-state index contributed by atoms with van der Waals surface area (Å²) in [7, 11) is -3.68. The average molecular weight is 338 g/mol. The van der Waals surface area contributed by atoms with E-state index in [-0.39, 0.29) is 13.1 Å². The number of anilines is 1. The van der Waals surface area contributed by atoms with Gasteiger partial charge in [-0.2, -0.15) is 4.31 Å². The molecule has 2 N–H and O–H groups in total. The lowest BCUT2D eigenvalue weighted by Crippen LogP contribution is -2.50. The van der Waals surface area contributed by atoms with E-state index < -0.39 is 27.6 Å². The van der Waals surface area contributed by atoms with Crippen molar-refractivity contribution in [3.63, 3.8) is 0 Å². The molecule has 0 saturated carbocycles. The zero-order valence-electron chi connectivity index (χ0n) is 12.4. The predicted molar refractivity (Wildman–Crippen MR) is 84.1 cm³/mol. The fraction of sp³-hybridized carbons (Fsp3) is 0.429. The second-order valence-electron chi connectivity index (χ2n) is 5.05. The Morgan fingerprint density at radius 3 is 2.61 bits per heavy atom. The van der Waals surface area contributed by atoms with E-state index in [4.69, 9.17) is 11.6 Å². The Kier molecular flexibility index (Phi) is 5.54. The molecule has 2 rings (SSSR count). The van der Waals surface area contributed by atoms with Gasteiger partial charge in [0.2, 0.25) is 10.0 Å². The number of hydrogen-bond acceptors (Lipinski definition) is 6. The second-order valence-corrected chi connectivity index (χ2v) is 7.06. The van der Waals surface area contributed by atoms with Gasteiger partial charge in [0.1, 0.15) is 11.7 Å². The number of sulfonamides is 1. The van der Waals surface area contributed by atoms with Gasteiger partial charge in [-0.1, -0.05) is 12.0 Å². The third kappa shape index (κ3) is 4.19. The van der Waals surface area contributed by atoms with E-state index in [1.165, 1.54) is 9.79 Å². The van der Waals surface area contributed by atoms with Gasteiger partial charge in [-0.3, -0.25) is 10.0 Å². The third-order valence-electron chi connectivity index (χ3n) is 3.61. The molecule has 0 aliphatic carbocycles. The van der Waals surface area contributed by atoms with Crippen LogP contribution in [0.15, 0.2) is 24.4 Å². The molecule has 0 spiro atoms. The van der Waals surface area contributed by atoms with E-state index in [9.17, 15) is 13.2 Å². The monoisotopic (exact) mass is 338 g/mol. The van der Waals surface area contributed by atoms with Gasteiger partial charge < -0.3 is 4.90 Å². The van der Waals surface area contributed by atoms with Gasteiger partial charge >= 0.3 is 0 Å². The molecule has 0 aromatic carbocycles. The zero-order chi connectivity index (χ0) is 16.9. The van der Waals surface area contributed by atoms with Crippen molar-refractivity contribution in [3.8, 4) is 12.3 Å². The van der Waals surface area contributed by atoms with Gasteiger partial charge in [0.25, 0.3) is 5.91 Å². The number of nitrogens with zero attached hydrogens (tertiary/aromatic N) is 3. The smallest absolute Gasteiger partial charge is 0.259 e. The van der Waals surface area contributed by atoms with Crippen molar-refractivity contribution < 1.29 is 18.4 Å². The number of pyridine rings is 1. The molecule has 1 aromatic heterocycles. The molecule has 0 bridgehead atoms. The summed E-state index contributed by atoms with van der Waals surface area (Å²) < 4.78 is 26.0. The maximum Gasteiger partial charge on any atom is 0.259 e. The van der Waals surface area contributed by atoms with Gasteiger partial charge in [0, 0.05) is 32.4 Å². The van der Waals surface area contributed by atoms with Crippen LogP contribution >= 0.6 is 0 Å². The highest BCUT2D eigenvalue weighted by Gasteiger charge is 2.31. The molecule has 0 radical (unpaired) electrons. The number of piperazine rings is 1. The molecular weight excluding hydrogens is 320 g/mol. The first kappa shape index (κ1) is 17.2. The molecule has 23 heavy (non-hydrogen) atoms. The molecule has 1 aliphatic rings. The zero-order valence-corrected chi connectivity index (χ0v) is 13.2. The molecule has 2 heterocycles. The lowest BCUT2D eigenvalue weighted by molar-refractivity contribution is -0.131. The molecule has 1 aromatic rings. The maximum atomic E-state index is 12.4. The molecule has 1 atom stereocenters. The molecule has 1 saturated heterocycles. The Bertz CT molecular complexity index is 678. The highest BCUT2D eigenvalue weighted by Crippen LogP contribution is 2.16. The van der Waals surface area contributed by atoms with Crippen LogP contribution in [0.2, 0.25) is 0 Å². The summed E-state index contributed by atoms with van der Waals surface area (Å²) in [5, 5.41) is 8.59. The van der Waals surface area contributed by atoms with Gasteiger partial charge in [-0.05, 0) is 12.1 Å². The van der Waals surface area contributed by atoms with Crippen LogP contribution in [0.5, 0.6) is 0 Å². The first-order valence-electron chi connectivity index (χ1n) is 7.02. The first-order valence-corrected chi connectivity index (χ1v) is 8.62. The van der Waals surface area contributed by atoms with Gasteiger partial charge in [0.15, 0.2) is 0 Å². The lowest BCUT2D eigenvalue weighted by Gasteiger charge is -2.34. The molecule has 1 unspecified atom stereocenters. The summed E-state index contributed by atoms with van der Waals surface area (Å²) in [4.78, 5) is 17.6. The van der Waals surface area contributed by atoms with E-state index in [1.54, 1.807) is 6.20 Å². The number of nitrogens with one attached hydrogen (secondary N) is 1. The van der Waals surface area contributed by atoms with Crippen LogP contribution in [-0.4, -0.2) is 60.8 Å². The number of amides is 1. The Labute approximate surface area is 135 Å². The average Bonchev–Trinajstić information content (AvgIpc) is 2.60. The van der Waals surface area contributed by atoms with Crippen LogP contribution in [0, 0.1) is 18.3 Å². The summed E-state index contributed by atoms with van der Waals surface area (Å²) in [5.41, 5.74) is 1.39. The molecule has 124 valence electrons. The summed E-state index contributed by atoms with van der Waals surface area (Å²) in [6.45, 7) is 1.58. The van der Waals surface area contributed by atoms with E-state index in [0.717, 1.165) is 5.82 Å². The van der Waals surface area contributed by atoms with Crippen molar-refractivity contribution in [3.05, 3.63) is 24.4 Å². The van der Waals surface area contributed by atoms with Gasteiger partial charge in [0.05, 0.1) is 5.75 Å². The second kappa shape index (κ2) is 7.41. The topological polar surface area (TPSA) is 103 Å². The number of rotatable bonds is 5. The fourth-order valence-electron chi connectivity index (χ4n) is 2.33. The molecule has 1 amide bonds. The Hall–Kier alpha value is -2.15. The first-order chi connectivity index (χ1) is 11.0. The van der Waals surface area contributed by atoms with E-state index >= 15 is 0 Å². The number of aromatic nitrogens is 1. The molecule has 1 aliphatic heterocycles. The van der Waals surface area contributed by atoms with Crippen LogP contribution in [0.3, 0.4) is 0 Å². The van der Waals surface area contributed by atoms with Gasteiger partial charge in [-0.15, -0.1) is 6.42 Å². The number of terminal acetylenes is 1. The molecule has 9 heteroatoms. The van der Waals surface area contributed by atoms with E-state index in [1.807, 2.05) is 23.1 Å². The highest BCUT2D eigenvalue weighted by atomic mass is 32.2. The Morgan fingerprint density at radius 1 is 1.39 bits per heavy atom. The van der Waals surface area contributed by atoms with Crippen molar-refractivity contribution in [1.82, 2.24) is 14.8 Å². The summed E-state index contributed by atoms with van der Waals surface area (Å²) in [5.74, 6) is 0.230. The largest absolute Gasteiger partial charge is 0.354 e. The summed E-state index contributed by atoms with van der Waals surface area (Å²) in [6.07, 6.45) is 6.85. The summed E-state index contributed by atoms with van der Waals surface area (Å²) >= 11 is 0. The van der Waals surface area contributed by atoms with Crippen molar-refractivity contribution >= 4 is 21.7 Å². The number of hydrogen-bond donors (Lipinski definition) is 2. The number of hydroxylamine groups is 1. The standard InChI is InChI=1S/C14H18N4O4S/c1-2-12(14(19)16-20)11-23(21,22)18-9-7-17(8-10-18)13-5-3-4-6-15-13/h1,3-6,12,20H,7-11H2,(H,16,19). The van der Waals surface area contributed by atoms with Crippen LogP contribution in [0.1, 0.15) is 0 Å². The molecule has 8 nitrogen and oxygen atoms in total. The van der Waals surface area contributed by atoms with Crippen LogP contribution < -0.4 is 10.4 Å². The Morgan fingerprint density at radius 2 is 2.09 bits per heavy atom. The van der Waals surface area contributed by atoms with Crippen molar-refractivity contribution in [1.29, 1.82) is 0 Å². The lowest BCUT2D eigenvalue weighted by atomic mass is 10.2. The van der Waals surface area contributed by atoms with E-state index in [2.05, 4.69) is 10.9 Å². The van der Waals surface area contributed by atoms with Crippen LogP contribution in [0.4, 0.5) is 5.82 Å². The maximum absolute atomic E-state index is 12.4. The number of carbonyl (C=O) groups excluding carboxylic acids is 1. The quantitative estimate of drug-likeness (QED) is 0.418. The predicted octanol–water partition coefficient (Wildman–Crippen LogP) is -0.712. The minimum Gasteiger partial charge on any atom is -0.354 e. The van der Waals surface area contributed by atoms with Crippen LogP contribution in [-0.2, 0) is 14.8 Å². The summed E-state index contributed by atoms with van der Waals surface area (Å²) in [6, 6.07) is 5.55. The minimum absolute atomic E-state index is 0.289. The normalized spacial score (nSPS) is 17.3. The van der Waals surface area contributed by atoms with Gasteiger partial charge in [-0.25, -0.2) is 18.9 Å². The van der Waals surface area contributed by atoms with Crippen molar-refractivity contribution in [2.24, 2.45) is 5.92 Å². The fourth-order valence-corrected chi connectivity index (χ4v) is 3.93. The minimum atomic E-state index is -3.68. The van der Waals surface area contributed by atoms with E-state index in [0.29, 0.717) is 13.1 Å². The Balaban J connectivity index is 1.98. The van der Waals surface area contributed by atoms with Crippen molar-refractivity contribution in [2.75, 3.05) is 36.8 Å². The molecular formula is C14H18N4O4S. The van der Waals surface area contributed by atoms with Crippen LogP contribution in [0.25, 0.3) is 0 Å². The van der Waals surface area contributed by atoms with Crippen molar-refractivity contribution in [2.45, 2.75) is 0 Å². The highest BCUT2D eigenvalue weighted by molar-refractivity contribution is 7.89. The SMILES string of the molecule is C#CC(CS(=O)(=O)N1CCN(c2ccccn2)CC1)C(=O)NO. The number of carbonyl (C=O) groups is 1. The molecule has 1 fully saturated rings.